The van der Waals surface area contributed by atoms with Gasteiger partial charge in [0, 0.05) is 12.1 Å². The van der Waals surface area contributed by atoms with Crippen LogP contribution in [0.2, 0.25) is 5.02 Å². The fraction of sp³-hybridized carbons (Fsp3) is 0.250. The first-order valence-corrected chi connectivity index (χ1v) is 7.46. The van der Waals surface area contributed by atoms with E-state index in [9.17, 15) is 8.42 Å². The third kappa shape index (κ3) is 2.74. The van der Waals surface area contributed by atoms with Gasteiger partial charge in [-0.05, 0) is 32.0 Å². The van der Waals surface area contributed by atoms with Gasteiger partial charge in [0.15, 0.2) is 0 Å². The monoisotopic (exact) mass is 299 g/mol. The summed E-state index contributed by atoms with van der Waals surface area (Å²) in [5.74, 6) is 0. The van der Waals surface area contributed by atoms with Gasteiger partial charge in [0.05, 0.1) is 17.1 Å². The largest absolute Gasteiger partial charge is 0.279 e. The first-order valence-electron chi connectivity index (χ1n) is 5.60. The topological polar surface area (TPSA) is 64.0 Å². The van der Waals surface area contributed by atoms with E-state index in [0.717, 1.165) is 0 Å². The highest BCUT2D eigenvalue weighted by Gasteiger charge is 2.23. The highest BCUT2D eigenvalue weighted by molar-refractivity contribution is 7.92. The molecular formula is C12H14ClN3O2S. The van der Waals surface area contributed by atoms with Crippen LogP contribution in [0.5, 0.6) is 0 Å². The zero-order valence-electron chi connectivity index (χ0n) is 10.8. The Balaban J connectivity index is 2.44. The van der Waals surface area contributed by atoms with Crippen LogP contribution in [0.15, 0.2) is 29.2 Å². The lowest BCUT2D eigenvalue weighted by atomic mass is 10.3. The predicted octanol–water partition coefficient (Wildman–Crippen LogP) is 2.49. The molecule has 1 N–H and O–H groups in total. The van der Waals surface area contributed by atoms with Crippen molar-refractivity contribution in [2.75, 3.05) is 4.72 Å². The van der Waals surface area contributed by atoms with Crippen LogP contribution in [0.1, 0.15) is 11.4 Å². The Hall–Kier alpha value is -1.53. The number of hydrogen-bond donors (Lipinski definition) is 1. The van der Waals surface area contributed by atoms with Gasteiger partial charge in [0.25, 0.3) is 10.0 Å². The van der Waals surface area contributed by atoms with E-state index < -0.39 is 10.0 Å². The van der Waals surface area contributed by atoms with E-state index in [-0.39, 0.29) is 4.90 Å². The van der Waals surface area contributed by atoms with Crippen molar-refractivity contribution in [1.29, 1.82) is 0 Å². The average Bonchev–Trinajstić information content (AvgIpc) is 2.52. The molecule has 19 heavy (non-hydrogen) atoms. The average molecular weight is 300 g/mol. The van der Waals surface area contributed by atoms with E-state index in [0.29, 0.717) is 22.1 Å². The summed E-state index contributed by atoms with van der Waals surface area (Å²) in [6.07, 6.45) is 0. The van der Waals surface area contributed by atoms with Gasteiger partial charge in [0.1, 0.15) is 4.90 Å². The van der Waals surface area contributed by atoms with Crippen molar-refractivity contribution in [3.63, 3.8) is 0 Å². The number of sulfonamides is 1. The standard InChI is InChI=1S/C12H14ClN3O2S/c1-8-12(9(2)16(3)14-8)19(17,18)15-11-6-4-5-10(13)7-11/h4-7,15H,1-3H3. The van der Waals surface area contributed by atoms with Crippen LogP contribution in [0, 0.1) is 13.8 Å². The maximum Gasteiger partial charge on any atom is 0.265 e. The highest BCUT2D eigenvalue weighted by atomic mass is 35.5. The van der Waals surface area contributed by atoms with Gasteiger partial charge in [-0.2, -0.15) is 5.10 Å². The van der Waals surface area contributed by atoms with Crippen molar-refractivity contribution in [3.05, 3.63) is 40.7 Å². The molecule has 0 bridgehead atoms. The summed E-state index contributed by atoms with van der Waals surface area (Å²) in [5.41, 5.74) is 1.48. The van der Waals surface area contributed by atoms with E-state index in [4.69, 9.17) is 11.6 Å². The van der Waals surface area contributed by atoms with E-state index in [1.165, 1.54) is 0 Å². The summed E-state index contributed by atoms with van der Waals surface area (Å²) in [5, 5.41) is 4.58. The summed E-state index contributed by atoms with van der Waals surface area (Å²) in [4.78, 5) is 0.204. The minimum atomic E-state index is -3.66. The number of benzene rings is 1. The molecule has 0 aliphatic rings. The van der Waals surface area contributed by atoms with Crippen LogP contribution in [0.25, 0.3) is 0 Å². The number of nitrogens with zero attached hydrogens (tertiary/aromatic N) is 2. The summed E-state index contributed by atoms with van der Waals surface area (Å²) < 4.78 is 28.8. The van der Waals surface area contributed by atoms with Crippen LogP contribution in [-0.4, -0.2) is 18.2 Å². The van der Waals surface area contributed by atoms with Gasteiger partial charge in [-0.15, -0.1) is 0 Å². The summed E-state index contributed by atoms with van der Waals surface area (Å²) in [6.45, 7) is 3.38. The molecule has 1 aromatic carbocycles. The molecule has 0 saturated carbocycles. The van der Waals surface area contributed by atoms with Crippen molar-refractivity contribution in [3.8, 4) is 0 Å². The third-order valence-corrected chi connectivity index (χ3v) is 4.66. The Morgan fingerprint density at radius 2 is 2.00 bits per heavy atom. The zero-order chi connectivity index (χ0) is 14.2. The van der Waals surface area contributed by atoms with Crippen LogP contribution >= 0.6 is 11.6 Å². The Bertz CT molecular complexity index is 723. The number of aromatic nitrogens is 2. The van der Waals surface area contributed by atoms with Gasteiger partial charge < -0.3 is 0 Å². The number of aryl methyl sites for hydroxylation is 2. The molecule has 0 amide bonds. The molecule has 2 rings (SSSR count). The molecule has 7 heteroatoms. The minimum absolute atomic E-state index is 0.204. The second-order valence-electron chi connectivity index (χ2n) is 4.24. The van der Waals surface area contributed by atoms with Crippen molar-refractivity contribution in [2.24, 2.45) is 7.05 Å². The van der Waals surface area contributed by atoms with Crippen LogP contribution < -0.4 is 4.72 Å². The summed E-state index contributed by atoms with van der Waals surface area (Å²) in [7, 11) is -1.95. The second kappa shape index (κ2) is 4.86. The highest BCUT2D eigenvalue weighted by Crippen LogP contribution is 2.23. The molecule has 0 fully saturated rings. The van der Waals surface area contributed by atoms with Gasteiger partial charge in [-0.3, -0.25) is 9.40 Å². The minimum Gasteiger partial charge on any atom is -0.279 e. The maximum absolute atomic E-state index is 12.4. The van der Waals surface area contributed by atoms with Crippen molar-refractivity contribution in [2.45, 2.75) is 18.7 Å². The first-order chi connectivity index (χ1) is 8.81. The molecule has 0 unspecified atom stereocenters. The van der Waals surface area contributed by atoms with E-state index in [2.05, 4.69) is 9.82 Å². The molecule has 2 aromatic rings. The van der Waals surface area contributed by atoms with Crippen molar-refractivity contribution >= 4 is 27.3 Å². The van der Waals surface area contributed by atoms with Crippen LogP contribution in [0.4, 0.5) is 5.69 Å². The molecule has 5 nitrogen and oxygen atoms in total. The molecule has 0 atom stereocenters. The predicted molar refractivity (Wildman–Crippen MR) is 74.9 cm³/mol. The maximum atomic E-state index is 12.4. The van der Waals surface area contributed by atoms with Gasteiger partial charge >= 0.3 is 0 Å². The number of halogens is 1. The summed E-state index contributed by atoms with van der Waals surface area (Å²) >= 11 is 5.84. The van der Waals surface area contributed by atoms with Gasteiger partial charge in [0.2, 0.25) is 0 Å². The number of rotatable bonds is 3. The summed E-state index contributed by atoms with van der Waals surface area (Å²) in [6, 6.07) is 6.56. The lowest BCUT2D eigenvalue weighted by molar-refractivity contribution is 0.599. The molecule has 1 aromatic heterocycles. The molecule has 0 spiro atoms. The van der Waals surface area contributed by atoms with Crippen molar-refractivity contribution < 1.29 is 8.42 Å². The first kappa shape index (κ1) is 13.9. The smallest absolute Gasteiger partial charge is 0.265 e. The van der Waals surface area contributed by atoms with E-state index in [1.54, 1.807) is 49.8 Å². The van der Waals surface area contributed by atoms with Gasteiger partial charge in [-0.1, -0.05) is 17.7 Å². The van der Waals surface area contributed by atoms with Gasteiger partial charge in [-0.25, -0.2) is 8.42 Å². The fourth-order valence-electron chi connectivity index (χ4n) is 1.90. The quantitative estimate of drug-likeness (QED) is 0.947. The zero-order valence-corrected chi connectivity index (χ0v) is 12.4. The van der Waals surface area contributed by atoms with E-state index in [1.807, 2.05) is 0 Å². The molecule has 0 saturated heterocycles. The SMILES string of the molecule is Cc1nn(C)c(C)c1S(=O)(=O)Nc1cccc(Cl)c1. The lowest BCUT2D eigenvalue weighted by Crippen LogP contribution is -2.14. The molecular weight excluding hydrogens is 286 g/mol. The van der Waals surface area contributed by atoms with Crippen LogP contribution in [-0.2, 0) is 17.1 Å². The number of nitrogens with one attached hydrogen (secondary N) is 1. The Morgan fingerprint density at radius 3 is 2.53 bits per heavy atom. The Labute approximate surface area is 117 Å². The molecule has 102 valence electrons. The number of anilines is 1. The fourth-order valence-corrected chi connectivity index (χ4v) is 3.58. The molecule has 0 radical (unpaired) electrons. The Morgan fingerprint density at radius 1 is 1.32 bits per heavy atom. The normalized spacial score (nSPS) is 11.6. The molecule has 0 aliphatic heterocycles. The third-order valence-electron chi connectivity index (χ3n) is 2.79. The van der Waals surface area contributed by atoms with Crippen LogP contribution in [0.3, 0.4) is 0 Å². The van der Waals surface area contributed by atoms with Crippen molar-refractivity contribution in [1.82, 2.24) is 9.78 Å². The Kier molecular flexibility index (Phi) is 3.56. The number of hydrogen-bond acceptors (Lipinski definition) is 3. The van der Waals surface area contributed by atoms with E-state index >= 15 is 0 Å². The lowest BCUT2D eigenvalue weighted by Gasteiger charge is -2.08. The molecule has 0 aliphatic carbocycles. The molecule has 1 heterocycles. The second-order valence-corrected chi connectivity index (χ2v) is 6.30.